The maximum atomic E-state index is 12.8. The Hall–Kier alpha value is -2.67. The molecule has 0 spiro atoms. The topological polar surface area (TPSA) is 245 Å². The summed E-state index contributed by atoms with van der Waals surface area (Å²) in [6.07, 6.45) is -9.99. The molecule has 17 nitrogen and oxygen atoms in total. The first-order chi connectivity index (χ1) is 17.4. The van der Waals surface area contributed by atoms with E-state index in [0.29, 0.717) is 0 Å². The Bertz CT molecular complexity index is 1410. The van der Waals surface area contributed by atoms with Crippen LogP contribution in [0, 0.1) is 0 Å². The highest BCUT2D eigenvalue weighted by atomic mass is 31.2. The standard InChI is InChI=1S/C18H22BN4O13P/c19-37(32,33-6-8-11(27)12(28)15(35-8)22-3-1-9(25)20-17(22)30)36-14-7(5-24)34-16(13(14)29)23-4-2-10(26)21-18(23)31/h1-4,7-8,11-16,24,27-29H,5-6H2,(H,20,25,30)(H,21,26,31)/q-1/t7-,8-,11-,12-,13-,14-,15-,16-,37?/m1/s1. The number of ether oxygens (including phenoxy) is 2. The van der Waals surface area contributed by atoms with Crippen molar-refractivity contribution in [3.8, 4) is 0 Å². The highest BCUT2D eigenvalue weighted by Crippen LogP contribution is 2.48. The van der Waals surface area contributed by atoms with E-state index in [9.17, 15) is 44.2 Å². The van der Waals surface area contributed by atoms with Crippen molar-refractivity contribution in [1.82, 2.24) is 19.1 Å². The zero-order chi connectivity index (χ0) is 27.1. The molecule has 37 heavy (non-hydrogen) atoms. The number of aromatic nitrogens is 4. The third-order valence-corrected chi connectivity index (χ3v) is 6.81. The van der Waals surface area contributed by atoms with Gasteiger partial charge in [0.2, 0.25) is 0 Å². The van der Waals surface area contributed by atoms with Crippen molar-refractivity contribution >= 4 is 15.0 Å². The molecule has 0 aliphatic carbocycles. The number of hydrogen-bond acceptors (Lipinski definition) is 13. The average molecular weight is 544 g/mol. The fraction of sp³-hybridized carbons (Fsp3) is 0.556. The van der Waals surface area contributed by atoms with Gasteiger partial charge in [-0.2, -0.15) is 0 Å². The number of rotatable bonds is 8. The van der Waals surface area contributed by atoms with Gasteiger partial charge < -0.3 is 51.1 Å². The Morgan fingerprint density at radius 1 is 0.892 bits per heavy atom. The number of aliphatic hydroxyl groups excluding tert-OH is 4. The van der Waals surface area contributed by atoms with Gasteiger partial charge in [-0.1, -0.05) is 0 Å². The van der Waals surface area contributed by atoms with Crippen LogP contribution in [0.15, 0.2) is 43.7 Å². The first-order valence-electron chi connectivity index (χ1n) is 10.7. The van der Waals surface area contributed by atoms with E-state index in [2.05, 4.69) is 0 Å². The van der Waals surface area contributed by atoms with E-state index in [1.165, 1.54) is 0 Å². The quantitative estimate of drug-likeness (QED) is 0.136. The lowest BCUT2D eigenvalue weighted by atomic mass is 10.1. The molecule has 2 aromatic heterocycles. The predicted octanol–water partition coefficient (Wildman–Crippen LogP) is -4.36. The van der Waals surface area contributed by atoms with Crippen LogP contribution in [0.5, 0.6) is 0 Å². The van der Waals surface area contributed by atoms with E-state index in [4.69, 9.17) is 26.1 Å². The molecule has 0 bridgehead atoms. The van der Waals surface area contributed by atoms with Crippen LogP contribution in [0.3, 0.4) is 0 Å². The fourth-order valence-corrected chi connectivity index (χ4v) is 4.97. The van der Waals surface area contributed by atoms with Crippen LogP contribution in [0.4, 0.5) is 0 Å². The lowest BCUT2D eigenvalue weighted by molar-refractivity contribution is -0.0571. The highest BCUT2D eigenvalue weighted by molar-refractivity contribution is 7.79. The second kappa shape index (κ2) is 10.6. The summed E-state index contributed by atoms with van der Waals surface area (Å²) >= 11 is 0. The van der Waals surface area contributed by atoms with Gasteiger partial charge in [-0.05, 0) is 0 Å². The minimum Gasteiger partial charge on any atom is -0.444 e. The summed E-state index contributed by atoms with van der Waals surface area (Å²) in [6.45, 7) is -1.46. The Morgan fingerprint density at radius 3 is 1.92 bits per heavy atom. The number of aliphatic hydroxyl groups is 4. The molecule has 201 valence electrons. The average Bonchev–Trinajstić information content (AvgIpc) is 3.28. The molecule has 4 heterocycles. The number of aromatic amines is 2. The van der Waals surface area contributed by atoms with Crippen molar-refractivity contribution in [1.29, 1.82) is 0 Å². The largest absolute Gasteiger partial charge is 0.444 e. The van der Waals surface area contributed by atoms with E-state index in [1.54, 1.807) is 0 Å². The van der Waals surface area contributed by atoms with Crippen LogP contribution in [-0.2, 0) is 23.1 Å². The Balaban J connectivity index is 1.43. The summed E-state index contributed by atoms with van der Waals surface area (Å²) in [6, 6.07) is 1.99. The monoisotopic (exact) mass is 544 g/mol. The number of nitrogens with one attached hydrogen (secondary N) is 2. The van der Waals surface area contributed by atoms with E-state index < -0.39 is 92.3 Å². The van der Waals surface area contributed by atoms with Crippen molar-refractivity contribution in [2.75, 3.05) is 13.2 Å². The van der Waals surface area contributed by atoms with Gasteiger partial charge in [0.05, 0.1) is 20.7 Å². The number of hydrogen-bond donors (Lipinski definition) is 6. The molecule has 0 aromatic carbocycles. The molecule has 9 atom stereocenters. The van der Waals surface area contributed by atoms with Crippen LogP contribution in [-0.4, -0.2) is 96.9 Å². The van der Waals surface area contributed by atoms with E-state index in [-0.39, 0.29) is 0 Å². The predicted molar refractivity (Wildman–Crippen MR) is 120 cm³/mol. The van der Waals surface area contributed by atoms with Gasteiger partial charge in [-0.25, -0.2) is 9.59 Å². The molecule has 6 N–H and O–H groups in total. The molecule has 2 aromatic rings. The lowest BCUT2D eigenvalue weighted by Gasteiger charge is -2.33. The van der Waals surface area contributed by atoms with Crippen LogP contribution in [0.25, 0.3) is 0 Å². The molecule has 2 fully saturated rings. The van der Waals surface area contributed by atoms with Gasteiger partial charge in [-0.3, -0.25) is 28.7 Å². The maximum absolute atomic E-state index is 12.8. The third kappa shape index (κ3) is 5.62. The summed E-state index contributed by atoms with van der Waals surface area (Å²) in [5.41, 5.74) is -3.24. The van der Waals surface area contributed by atoms with E-state index in [0.717, 1.165) is 33.7 Å². The van der Waals surface area contributed by atoms with Crippen molar-refractivity contribution in [3.05, 3.63) is 66.2 Å². The summed E-state index contributed by atoms with van der Waals surface area (Å²) < 4.78 is 35.5. The third-order valence-electron chi connectivity index (χ3n) is 5.76. The normalized spacial score (nSPS) is 33.4. The second-order valence-electron chi connectivity index (χ2n) is 8.22. The van der Waals surface area contributed by atoms with Gasteiger partial charge >= 0.3 is 11.4 Å². The second-order valence-corrected chi connectivity index (χ2v) is 9.77. The molecular weight excluding hydrogens is 522 g/mol. The molecule has 3 radical (unpaired) electrons. The highest BCUT2D eigenvalue weighted by Gasteiger charge is 2.47. The zero-order valence-electron chi connectivity index (χ0n) is 18.7. The Labute approximate surface area is 206 Å². The fourth-order valence-electron chi connectivity index (χ4n) is 3.96. The Morgan fingerprint density at radius 2 is 1.41 bits per heavy atom. The molecule has 0 amide bonds. The minimum absolute atomic E-state index is 0.692. The minimum atomic E-state index is -4.56. The molecule has 2 aliphatic rings. The lowest BCUT2D eigenvalue weighted by Crippen LogP contribution is -2.39. The molecule has 19 heteroatoms. The SMILES string of the molecule is [B-]P(=O)(OC[C@H]1O[C@@H](n2ccc(=O)[nH]c2=O)[C@H](O)[C@@H]1O)O[C@H]1[C@@H](O)[C@H](n2ccc(=O)[nH]c2=O)O[C@@H]1CO. The van der Waals surface area contributed by atoms with Crippen LogP contribution in [0.1, 0.15) is 12.5 Å². The first-order valence-corrected chi connectivity index (χ1v) is 12.3. The van der Waals surface area contributed by atoms with Gasteiger partial charge in [0.15, 0.2) is 12.5 Å². The van der Waals surface area contributed by atoms with Crippen molar-refractivity contribution in [3.63, 3.8) is 0 Å². The van der Waals surface area contributed by atoms with Crippen molar-refractivity contribution < 1.29 is 43.5 Å². The summed E-state index contributed by atoms with van der Waals surface area (Å²) in [7, 11) is 1.05. The number of nitrogens with zero attached hydrogens (tertiary/aromatic N) is 2. The smallest absolute Gasteiger partial charge is 0.330 e. The summed E-state index contributed by atoms with van der Waals surface area (Å²) in [5.74, 6) is 0. The summed E-state index contributed by atoms with van der Waals surface area (Å²) in [5, 5.41) is 40.8. The van der Waals surface area contributed by atoms with Gasteiger partial charge in [0, 0.05) is 24.5 Å². The number of H-pyrrole nitrogens is 2. The van der Waals surface area contributed by atoms with Crippen molar-refractivity contribution in [2.24, 2.45) is 0 Å². The zero-order valence-corrected chi connectivity index (χ0v) is 19.6. The molecule has 2 aliphatic heterocycles. The van der Waals surface area contributed by atoms with Crippen molar-refractivity contribution in [2.45, 2.75) is 49.1 Å². The Kier molecular flexibility index (Phi) is 7.84. The van der Waals surface area contributed by atoms with Gasteiger partial charge in [0.25, 0.3) is 11.1 Å². The molecule has 2 saturated heterocycles. The molecule has 1 unspecified atom stereocenters. The molecule has 4 rings (SSSR count). The van der Waals surface area contributed by atoms with Gasteiger partial charge in [-0.15, -0.1) is 0 Å². The molecule has 0 saturated carbocycles. The van der Waals surface area contributed by atoms with E-state index in [1.807, 2.05) is 9.97 Å². The molecular formula is C18H22BN4O13P-. The first kappa shape index (κ1) is 27.4. The van der Waals surface area contributed by atoms with E-state index >= 15 is 0 Å². The van der Waals surface area contributed by atoms with Crippen LogP contribution in [0.2, 0.25) is 0 Å². The van der Waals surface area contributed by atoms with Crippen LogP contribution >= 0.6 is 7.47 Å². The van der Waals surface area contributed by atoms with Gasteiger partial charge in [0.1, 0.15) is 36.6 Å². The summed E-state index contributed by atoms with van der Waals surface area (Å²) in [4.78, 5) is 50.5. The maximum Gasteiger partial charge on any atom is 0.330 e. The van der Waals surface area contributed by atoms with Crippen LogP contribution < -0.4 is 22.5 Å².